The molecule has 0 atom stereocenters. The van der Waals surface area contributed by atoms with Crippen molar-refractivity contribution in [3.8, 4) is 0 Å². The molecule has 1 aromatic rings. The number of carbonyl (C=O) groups excluding carboxylic acids is 1. The fourth-order valence-electron chi connectivity index (χ4n) is 1.14. The molecule has 0 fully saturated rings. The minimum absolute atomic E-state index is 0.0851. The maximum atomic E-state index is 11.2. The Hall–Kier alpha value is -1.56. The number of thiol groups is 1. The van der Waals surface area contributed by atoms with Crippen LogP contribution in [0, 0.1) is 17.0 Å². The molecule has 5 nitrogen and oxygen atoms in total. The fraction of sp³-hybridized carbons (Fsp3) is 0.222. The number of aryl methyl sites for hydroxylation is 1. The molecular weight excluding hydrogens is 218 g/mol. The molecule has 0 saturated heterocycles. The summed E-state index contributed by atoms with van der Waals surface area (Å²) in [5, 5.41) is 10.8. The number of benzene rings is 1. The van der Waals surface area contributed by atoms with Crippen LogP contribution >= 0.6 is 12.6 Å². The number of nitro benzene ring substituents is 1. The van der Waals surface area contributed by atoms with Gasteiger partial charge in [0.25, 0.3) is 5.69 Å². The van der Waals surface area contributed by atoms with Crippen molar-refractivity contribution in [2.24, 2.45) is 0 Å². The van der Waals surface area contributed by atoms with Crippen LogP contribution in [0.3, 0.4) is 0 Å². The van der Waals surface area contributed by atoms with Crippen LogP contribution in [-0.2, 0) is 4.74 Å². The predicted octanol–water partition coefficient (Wildman–Crippen LogP) is 1.98. The average Bonchev–Trinajstić information content (AvgIpc) is 2.20. The highest BCUT2D eigenvalue weighted by atomic mass is 32.1. The van der Waals surface area contributed by atoms with Crippen molar-refractivity contribution in [3.05, 3.63) is 33.4 Å². The van der Waals surface area contributed by atoms with Gasteiger partial charge in [0, 0.05) is 0 Å². The van der Waals surface area contributed by atoms with Gasteiger partial charge in [0.05, 0.1) is 16.9 Å². The Morgan fingerprint density at radius 1 is 1.53 bits per heavy atom. The van der Waals surface area contributed by atoms with Crippen LogP contribution in [-0.4, -0.2) is 18.0 Å². The lowest BCUT2D eigenvalue weighted by Crippen LogP contribution is -2.06. The molecule has 15 heavy (non-hydrogen) atoms. The topological polar surface area (TPSA) is 69.4 Å². The third-order valence-corrected chi connectivity index (χ3v) is 2.51. The van der Waals surface area contributed by atoms with E-state index in [2.05, 4.69) is 17.4 Å². The maximum Gasteiger partial charge on any atom is 0.344 e. The molecule has 0 aromatic heterocycles. The van der Waals surface area contributed by atoms with Gasteiger partial charge in [-0.25, -0.2) is 4.79 Å². The number of nitro groups is 1. The van der Waals surface area contributed by atoms with Gasteiger partial charge in [-0.3, -0.25) is 10.1 Å². The van der Waals surface area contributed by atoms with Crippen molar-refractivity contribution < 1.29 is 14.5 Å². The van der Waals surface area contributed by atoms with Gasteiger partial charge in [-0.15, -0.1) is 12.6 Å². The Bertz CT molecular complexity index is 430. The van der Waals surface area contributed by atoms with Gasteiger partial charge in [0.2, 0.25) is 0 Å². The molecule has 6 heteroatoms. The summed E-state index contributed by atoms with van der Waals surface area (Å²) in [4.78, 5) is 21.6. The van der Waals surface area contributed by atoms with Crippen molar-refractivity contribution in [3.63, 3.8) is 0 Å². The van der Waals surface area contributed by atoms with E-state index in [-0.39, 0.29) is 16.1 Å². The second-order valence-corrected chi connectivity index (χ2v) is 3.32. The maximum absolute atomic E-state index is 11.2. The van der Waals surface area contributed by atoms with Crippen molar-refractivity contribution in [2.75, 3.05) is 7.11 Å². The number of hydrogen-bond acceptors (Lipinski definition) is 5. The van der Waals surface area contributed by atoms with E-state index in [1.54, 1.807) is 13.0 Å². The molecule has 0 aliphatic heterocycles. The van der Waals surface area contributed by atoms with Crippen LogP contribution < -0.4 is 0 Å². The van der Waals surface area contributed by atoms with E-state index in [1.165, 1.54) is 13.2 Å². The SMILES string of the molecule is COC(=O)c1ccc(C)c(S)c1[N+](=O)[O-]. The molecule has 1 aromatic carbocycles. The fourth-order valence-corrected chi connectivity index (χ4v) is 1.42. The van der Waals surface area contributed by atoms with E-state index in [0.717, 1.165) is 0 Å². The molecule has 0 aliphatic carbocycles. The van der Waals surface area contributed by atoms with Crippen molar-refractivity contribution in [1.82, 2.24) is 0 Å². The van der Waals surface area contributed by atoms with E-state index in [9.17, 15) is 14.9 Å². The summed E-state index contributed by atoms with van der Waals surface area (Å²) in [6.45, 7) is 1.68. The highest BCUT2D eigenvalue weighted by Crippen LogP contribution is 2.30. The third-order valence-electron chi connectivity index (χ3n) is 1.94. The molecule has 0 spiro atoms. The molecule has 0 N–H and O–H groups in total. The quantitative estimate of drug-likeness (QED) is 0.363. The summed E-state index contributed by atoms with van der Waals surface area (Å²) >= 11 is 4.00. The predicted molar refractivity (Wildman–Crippen MR) is 56.4 cm³/mol. The lowest BCUT2D eigenvalue weighted by molar-refractivity contribution is -0.388. The molecule has 0 radical (unpaired) electrons. The van der Waals surface area contributed by atoms with E-state index < -0.39 is 10.9 Å². The highest BCUT2D eigenvalue weighted by Gasteiger charge is 2.24. The molecule has 0 unspecified atom stereocenters. The molecule has 0 amide bonds. The number of carbonyl (C=O) groups is 1. The van der Waals surface area contributed by atoms with Crippen molar-refractivity contribution in [2.45, 2.75) is 11.8 Å². The standard InChI is InChI=1S/C9H9NO4S/c1-5-3-4-6(9(11)14-2)7(8(5)15)10(12)13/h3-4,15H,1-2H3. The first-order valence-corrected chi connectivity index (χ1v) is 4.49. The van der Waals surface area contributed by atoms with Crippen LogP contribution in [0.15, 0.2) is 17.0 Å². The van der Waals surface area contributed by atoms with Crippen LogP contribution in [0.25, 0.3) is 0 Å². The van der Waals surface area contributed by atoms with Gasteiger partial charge in [0.1, 0.15) is 5.56 Å². The van der Waals surface area contributed by atoms with Gasteiger partial charge < -0.3 is 4.74 Å². The lowest BCUT2D eigenvalue weighted by atomic mass is 10.1. The Balaban J connectivity index is 3.46. The van der Waals surface area contributed by atoms with Gasteiger partial charge in [0.15, 0.2) is 0 Å². The minimum atomic E-state index is -0.739. The normalized spacial score (nSPS) is 9.80. The summed E-state index contributed by atoms with van der Waals surface area (Å²) in [5.74, 6) is -0.739. The van der Waals surface area contributed by atoms with Crippen LogP contribution in [0.5, 0.6) is 0 Å². The number of nitrogens with zero attached hydrogens (tertiary/aromatic N) is 1. The van der Waals surface area contributed by atoms with Crippen molar-refractivity contribution in [1.29, 1.82) is 0 Å². The van der Waals surface area contributed by atoms with Crippen LogP contribution in [0.2, 0.25) is 0 Å². The van der Waals surface area contributed by atoms with E-state index in [0.29, 0.717) is 5.56 Å². The first kappa shape index (κ1) is 11.5. The molecular formula is C9H9NO4S. The summed E-state index contributed by atoms with van der Waals surface area (Å²) in [6, 6.07) is 2.95. The second-order valence-electron chi connectivity index (χ2n) is 2.88. The molecule has 0 heterocycles. The number of esters is 1. The average molecular weight is 227 g/mol. The zero-order valence-electron chi connectivity index (χ0n) is 8.18. The minimum Gasteiger partial charge on any atom is -0.465 e. The molecule has 1 rings (SSSR count). The van der Waals surface area contributed by atoms with Gasteiger partial charge in [-0.2, -0.15) is 0 Å². The number of ether oxygens (including phenoxy) is 1. The molecule has 80 valence electrons. The Kier molecular flexibility index (Phi) is 3.31. The zero-order valence-corrected chi connectivity index (χ0v) is 9.08. The summed E-state index contributed by atoms with van der Waals surface area (Å²) in [5.41, 5.74) is 0.237. The number of rotatable bonds is 2. The monoisotopic (exact) mass is 227 g/mol. The van der Waals surface area contributed by atoms with Gasteiger partial charge in [-0.05, 0) is 18.6 Å². The largest absolute Gasteiger partial charge is 0.465 e. The molecule has 0 bridgehead atoms. The van der Waals surface area contributed by atoms with Crippen molar-refractivity contribution >= 4 is 24.3 Å². The summed E-state index contributed by atoms with van der Waals surface area (Å²) in [6.07, 6.45) is 0. The number of hydrogen-bond donors (Lipinski definition) is 1. The molecule has 0 saturated carbocycles. The number of methoxy groups -OCH3 is 1. The first-order valence-electron chi connectivity index (χ1n) is 4.04. The first-order chi connectivity index (χ1) is 6.99. The van der Waals surface area contributed by atoms with E-state index in [4.69, 9.17) is 0 Å². The van der Waals surface area contributed by atoms with Crippen LogP contribution in [0.1, 0.15) is 15.9 Å². The lowest BCUT2D eigenvalue weighted by Gasteiger charge is -2.05. The van der Waals surface area contributed by atoms with Gasteiger partial charge in [-0.1, -0.05) is 6.07 Å². The second kappa shape index (κ2) is 4.31. The smallest absolute Gasteiger partial charge is 0.344 e. The summed E-state index contributed by atoms with van der Waals surface area (Å²) < 4.78 is 4.44. The Labute approximate surface area is 91.6 Å². The Morgan fingerprint density at radius 2 is 2.13 bits per heavy atom. The highest BCUT2D eigenvalue weighted by molar-refractivity contribution is 7.80. The summed E-state index contributed by atoms with van der Waals surface area (Å²) in [7, 11) is 1.17. The van der Waals surface area contributed by atoms with E-state index >= 15 is 0 Å². The van der Waals surface area contributed by atoms with Crippen LogP contribution in [0.4, 0.5) is 5.69 Å². The van der Waals surface area contributed by atoms with Gasteiger partial charge >= 0.3 is 5.97 Å². The third kappa shape index (κ3) is 2.10. The van der Waals surface area contributed by atoms with E-state index in [1.807, 2.05) is 0 Å². The zero-order chi connectivity index (χ0) is 11.6. The molecule has 0 aliphatic rings. The Morgan fingerprint density at radius 3 is 2.60 bits per heavy atom.